The predicted molar refractivity (Wildman–Crippen MR) is 118 cm³/mol. The van der Waals surface area contributed by atoms with Gasteiger partial charge in [0.2, 0.25) is 5.91 Å². The topological polar surface area (TPSA) is 40.6 Å². The third-order valence-electron chi connectivity index (χ3n) is 6.66. The van der Waals surface area contributed by atoms with Crippen molar-refractivity contribution in [1.29, 1.82) is 0 Å². The summed E-state index contributed by atoms with van der Waals surface area (Å²) in [6.45, 7) is 3.80. The van der Waals surface area contributed by atoms with Gasteiger partial charge in [-0.1, -0.05) is 60.7 Å². The second-order valence-electron chi connectivity index (χ2n) is 8.61. The number of carbonyl (C=O) groups excluding carboxylic acids is 2. The first kappa shape index (κ1) is 18.9. The first-order valence-electron chi connectivity index (χ1n) is 10.7. The quantitative estimate of drug-likeness (QED) is 0.662. The molecule has 4 heteroatoms. The minimum atomic E-state index is -0.385. The highest BCUT2D eigenvalue weighted by Gasteiger charge is 2.54. The summed E-state index contributed by atoms with van der Waals surface area (Å²) in [6.07, 6.45) is 1.81. The standard InChI is InChI=1S/C26H26N2O2/c1-19-18-27(24(29)21-8-3-2-4-9-21)15-16-28(19)25(30)26(13-14-26)23-12-11-20-7-5-6-10-22(20)17-23/h2-12,17,19H,13-16,18H2,1H3/t19-/m1/s1. The maximum Gasteiger partial charge on any atom is 0.253 e. The maximum atomic E-state index is 13.6. The minimum Gasteiger partial charge on any atom is -0.336 e. The summed E-state index contributed by atoms with van der Waals surface area (Å²) >= 11 is 0. The Balaban J connectivity index is 1.33. The van der Waals surface area contributed by atoms with E-state index in [-0.39, 0.29) is 23.3 Å². The Kier molecular flexibility index (Phi) is 4.58. The van der Waals surface area contributed by atoms with E-state index in [0.29, 0.717) is 25.2 Å². The van der Waals surface area contributed by atoms with Crippen LogP contribution in [0.1, 0.15) is 35.7 Å². The molecule has 1 saturated carbocycles. The van der Waals surface area contributed by atoms with Crippen LogP contribution in [0.25, 0.3) is 10.8 Å². The van der Waals surface area contributed by atoms with E-state index in [1.165, 1.54) is 10.8 Å². The lowest BCUT2D eigenvalue weighted by Crippen LogP contribution is -2.57. The van der Waals surface area contributed by atoms with Gasteiger partial charge in [0.1, 0.15) is 0 Å². The molecule has 0 aromatic heterocycles. The van der Waals surface area contributed by atoms with Crippen molar-refractivity contribution in [1.82, 2.24) is 9.80 Å². The molecule has 4 nitrogen and oxygen atoms in total. The smallest absolute Gasteiger partial charge is 0.253 e. The van der Waals surface area contributed by atoms with Gasteiger partial charge >= 0.3 is 0 Å². The van der Waals surface area contributed by atoms with E-state index in [1.807, 2.05) is 52.3 Å². The first-order chi connectivity index (χ1) is 14.6. The molecule has 1 saturated heterocycles. The summed E-state index contributed by atoms with van der Waals surface area (Å²) in [5, 5.41) is 2.38. The van der Waals surface area contributed by atoms with E-state index in [9.17, 15) is 9.59 Å². The Bertz CT molecular complexity index is 1100. The Morgan fingerprint density at radius 1 is 0.867 bits per heavy atom. The summed E-state index contributed by atoms with van der Waals surface area (Å²) in [5.74, 6) is 0.266. The molecule has 1 heterocycles. The van der Waals surface area contributed by atoms with Crippen molar-refractivity contribution in [2.45, 2.75) is 31.2 Å². The third-order valence-corrected chi connectivity index (χ3v) is 6.66. The summed E-state index contributed by atoms with van der Waals surface area (Å²) in [5.41, 5.74) is 1.45. The maximum absolute atomic E-state index is 13.6. The van der Waals surface area contributed by atoms with Gasteiger partial charge in [-0.15, -0.1) is 0 Å². The van der Waals surface area contributed by atoms with E-state index in [1.54, 1.807) is 0 Å². The van der Waals surface area contributed by atoms with E-state index in [2.05, 4.69) is 37.3 Å². The van der Waals surface area contributed by atoms with Gasteiger partial charge in [-0.3, -0.25) is 9.59 Å². The molecule has 0 N–H and O–H groups in total. The molecule has 0 bridgehead atoms. The second kappa shape index (κ2) is 7.28. The number of piperazine rings is 1. The zero-order valence-corrected chi connectivity index (χ0v) is 17.3. The molecule has 3 aromatic rings. The van der Waals surface area contributed by atoms with Gasteiger partial charge in [0.05, 0.1) is 5.41 Å². The fraction of sp³-hybridized carbons (Fsp3) is 0.308. The summed E-state index contributed by atoms with van der Waals surface area (Å²) in [7, 11) is 0. The molecule has 3 aromatic carbocycles. The molecule has 2 fully saturated rings. The average molecular weight is 399 g/mol. The van der Waals surface area contributed by atoms with Crippen LogP contribution in [0.4, 0.5) is 0 Å². The zero-order valence-electron chi connectivity index (χ0n) is 17.3. The van der Waals surface area contributed by atoms with Crippen molar-refractivity contribution in [3.05, 3.63) is 83.9 Å². The van der Waals surface area contributed by atoms with Crippen molar-refractivity contribution in [2.24, 2.45) is 0 Å². The van der Waals surface area contributed by atoms with E-state index in [4.69, 9.17) is 0 Å². The van der Waals surface area contributed by atoms with Crippen LogP contribution in [0.15, 0.2) is 72.8 Å². The van der Waals surface area contributed by atoms with E-state index >= 15 is 0 Å². The van der Waals surface area contributed by atoms with Crippen molar-refractivity contribution >= 4 is 22.6 Å². The lowest BCUT2D eigenvalue weighted by Gasteiger charge is -2.41. The highest BCUT2D eigenvalue weighted by atomic mass is 16.2. The summed E-state index contributed by atoms with van der Waals surface area (Å²) < 4.78 is 0. The highest BCUT2D eigenvalue weighted by molar-refractivity contribution is 5.95. The van der Waals surface area contributed by atoms with Gasteiger partial charge in [0.25, 0.3) is 5.91 Å². The van der Waals surface area contributed by atoms with E-state index < -0.39 is 0 Å². The zero-order chi connectivity index (χ0) is 20.7. The molecule has 152 valence electrons. The molecule has 30 heavy (non-hydrogen) atoms. The SMILES string of the molecule is C[C@@H]1CN(C(=O)c2ccccc2)CCN1C(=O)C1(c2ccc3ccccc3c2)CC1. The van der Waals surface area contributed by atoms with Crippen LogP contribution in [0, 0.1) is 0 Å². The van der Waals surface area contributed by atoms with Crippen LogP contribution < -0.4 is 0 Å². The first-order valence-corrected chi connectivity index (χ1v) is 10.7. The number of rotatable bonds is 3. The summed E-state index contributed by atoms with van der Waals surface area (Å²) in [4.78, 5) is 30.3. The van der Waals surface area contributed by atoms with Crippen LogP contribution >= 0.6 is 0 Å². The molecule has 1 aliphatic carbocycles. The lowest BCUT2D eigenvalue weighted by molar-refractivity contribution is -0.138. The number of nitrogens with zero attached hydrogens (tertiary/aromatic N) is 2. The number of amides is 2. The molecular weight excluding hydrogens is 372 g/mol. The summed E-state index contributed by atoms with van der Waals surface area (Å²) in [6, 6.07) is 24.1. The van der Waals surface area contributed by atoms with Crippen molar-refractivity contribution in [3.8, 4) is 0 Å². The predicted octanol–water partition coefficient (Wildman–Crippen LogP) is 4.24. The lowest BCUT2D eigenvalue weighted by atomic mass is 9.91. The molecule has 0 radical (unpaired) electrons. The molecular formula is C26H26N2O2. The van der Waals surface area contributed by atoms with E-state index in [0.717, 1.165) is 18.4 Å². The van der Waals surface area contributed by atoms with Crippen molar-refractivity contribution in [2.75, 3.05) is 19.6 Å². The molecule has 1 atom stereocenters. The van der Waals surface area contributed by atoms with Crippen LogP contribution in [0.3, 0.4) is 0 Å². The fourth-order valence-electron chi connectivity index (χ4n) is 4.72. The Hall–Kier alpha value is -3.14. The number of fused-ring (bicyclic) bond motifs is 1. The van der Waals surface area contributed by atoms with Gasteiger partial charge in [-0.25, -0.2) is 0 Å². The van der Waals surface area contributed by atoms with Gasteiger partial charge in [-0.2, -0.15) is 0 Å². The molecule has 0 spiro atoms. The number of hydrogen-bond donors (Lipinski definition) is 0. The van der Waals surface area contributed by atoms with Crippen LogP contribution in [0.2, 0.25) is 0 Å². The van der Waals surface area contributed by atoms with Gasteiger partial charge in [-0.05, 0) is 48.2 Å². The Morgan fingerprint density at radius 3 is 2.27 bits per heavy atom. The minimum absolute atomic E-state index is 0.0110. The molecule has 2 amide bonds. The normalized spacial score (nSPS) is 20.2. The Morgan fingerprint density at radius 2 is 1.57 bits per heavy atom. The average Bonchev–Trinajstić information content (AvgIpc) is 3.60. The van der Waals surface area contributed by atoms with Crippen LogP contribution in [0.5, 0.6) is 0 Å². The Labute approximate surface area is 177 Å². The molecule has 2 aliphatic rings. The largest absolute Gasteiger partial charge is 0.336 e. The van der Waals surface area contributed by atoms with Crippen molar-refractivity contribution < 1.29 is 9.59 Å². The second-order valence-corrected chi connectivity index (χ2v) is 8.61. The third kappa shape index (κ3) is 3.17. The number of hydrogen-bond acceptors (Lipinski definition) is 2. The molecule has 0 unspecified atom stereocenters. The van der Waals surface area contributed by atoms with Crippen LogP contribution in [-0.2, 0) is 10.2 Å². The molecule has 1 aliphatic heterocycles. The van der Waals surface area contributed by atoms with Crippen molar-refractivity contribution in [3.63, 3.8) is 0 Å². The van der Waals surface area contributed by atoms with Gasteiger partial charge < -0.3 is 9.80 Å². The molecule has 5 rings (SSSR count). The van der Waals surface area contributed by atoms with Crippen LogP contribution in [-0.4, -0.2) is 47.3 Å². The monoisotopic (exact) mass is 398 g/mol. The highest BCUT2D eigenvalue weighted by Crippen LogP contribution is 2.50. The number of carbonyl (C=O) groups is 2. The number of benzene rings is 3. The van der Waals surface area contributed by atoms with Gasteiger partial charge in [0.15, 0.2) is 0 Å². The van der Waals surface area contributed by atoms with Gasteiger partial charge in [0, 0.05) is 31.2 Å². The fourth-order valence-corrected chi connectivity index (χ4v) is 4.72.